The number of likely N-dealkylation sites (tertiary alicyclic amines) is 1. The Hall–Kier alpha value is -0.0800. The molecular formula is C30H59NO. The summed E-state index contributed by atoms with van der Waals surface area (Å²) in [5.41, 5.74) is 0.732. The SMILES string of the molecule is CCCCCCCC(CCCC)CN1CCC2(CC1)CC(CCCOC(C)CCCC)C2. The number of unbranched alkanes of at least 4 members (excludes halogenated alkanes) is 6. The third kappa shape index (κ3) is 10.9. The van der Waals surface area contributed by atoms with Crippen molar-refractivity contribution >= 4 is 0 Å². The van der Waals surface area contributed by atoms with Crippen LogP contribution in [0.4, 0.5) is 0 Å². The minimum Gasteiger partial charge on any atom is -0.379 e. The lowest BCUT2D eigenvalue weighted by molar-refractivity contribution is -0.0251. The maximum Gasteiger partial charge on any atom is 0.0547 e. The fourth-order valence-electron chi connectivity index (χ4n) is 6.44. The number of piperidine rings is 1. The van der Waals surface area contributed by atoms with Gasteiger partial charge in [0.1, 0.15) is 0 Å². The topological polar surface area (TPSA) is 12.5 Å². The summed E-state index contributed by atoms with van der Waals surface area (Å²) in [5, 5.41) is 0. The predicted octanol–water partition coefficient (Wildman–Crippen LogP) is 9.02. The van der Waals surface area contributed by atoms with Crippen LogP contribution in [0.1, 0.15) is 143 Å². The molecule has 0 N–H and O–H groups in total. The van der Waals surface area contributed by atoms with Crippen molar-refractivity contribution in [3.63, 3.8) is 0 Å². The minimum absolute atomic E-state index is 0.463. The Kier molecular flexibility index (Phi) is 14.5. The number of hydrogen-bond donors (Lipinski definition) is 0. The van der Waals surface area contributed by atoms with Crippen LogP contribution in [0.3, 0.4) is 0 Å². The van der Waals surface area contributed by atoms with Gasteiger partial charge in [-0.05, 0) is 95.1 Å². The maximum atomic E-state index is 6.02. The summed E-state index contributed by atoms with van der Waals surface area (Å²) in [5.74, 6) is 1.95. The van der Waals surface area contributed by atoms with Crippen LogP contribution in [0.25, 0.3) is 0 Å². The molecule has 2 heteroatoms. The van der Waals surface area contributed by atoms with Crippen molar-refractivity contribution in [2.45, 2.75) is 149 Å². The van der Waals surface area contributed by atoms with Crippen molar-refractivity contribution in [1.29, 1.82) is 0 Å². The van der Waals surface area contributed by atoms with Crippen molar-refractivity contribution in [3.8, 4) is 0 Å². The van der Waals surface area contributed by atoms with E-state index >= 15 is 0 Å². The molecule has 0 bridgehead atoms. The van der Waals surface area contributed by atoms with Gasteiger partial charge in [0.05, 0.1) is 6.10 Å². The van der Waals surface area contributed by atoms with Gasteiger partial charge in [-0.3, -0.25) is 0 Å². The van der Waals surface area contributed by atoms with Crippen LogP contribution >= 0.6 is 0 Å². The van der Waals surface area contributed by atoms with Gasteiger partial charge in [0.25, 0.3) is 0 Å². The first kappa shape index (κ1) is 28.2. The monoisotopic (exact) mass is 449 g/mol. The van der Waals surface area contributed by atoms with E-state index in [4.69, 9.17) is 4.74 Å². The Balaban J connectivity index is 1.57. The van der Waals surface area contributed by atoms with Crippen LogP contribution in [-0.2, 0) is 4.74 Å². The molecule has 1 saturated carbocycles. The van der Waals surface area contributed by atoms with Gasteiger partial charge in [-0.15, -0.1) is 0 Å². The van der Waals surface area contributed by atoms with E-state index in [2.05, 4.69) is 32.6 Å². The van der Waals surface area contributed by atoms with Crippen molar-refractivity contribution in [2.75, 3.05) is 26.2 Å². The molecule has 32 heavy (non-hydrogen) atoms. The minimum atomic E-state index is 0.463. The summed E-state index contributed by atoms with van der Waals surface area (Å²) >= 11 is 0. The quantitative estimate of drug-likeness (QED) is 0.182. The van der Waals surface area contributed by atoms with Gasteiger partial charge in [-0.2, -0.15) is 0 Å². The second kappa shape index (κ2) is 16.5. The standard InChI is InChI=1S/C30H59NO/c1-5-8-11-12-13-17-28(16-10-7-3)26-31-21-19-30(20-22-31)24-29(25-30)18-14-23-32-27(4)15-9-6-2/h27-29H,5-26H2,1-4H3. The molecule has 1 heterocycles. The molecule has 0 aromatic heterocycles. The van der Waals surface area contributed by atoms with Crippen LogP contribution in [0, 0.1) is 17.3 Å². The van der Waals surface area contributed by atoms with E-state index in [9.17, 15) is 0 Å². The van der Waals surface area contributed by atoms with E-state index in [0.29, 0.717) is 6.10 Å². The van der Waals surface area contributed by atoms with E-state index < -0.39 is 0 Å². The van der Waals surface area contributed by atoms with Gasteiger partial charge in [0.2, 0.25) is 0 Å². The zero-order valence-corrected chi connectivity index (χ0v) is 22.6. The van der Waals surface area contributed by atoms with Gasteiger partial charge < -0.3 is 9.64 Å². The van der Waals surface area contributed by atoms with Crippen LogP contribution in [0.2, 0.25) is 0 Å². The Morgan fingerprint density at radius 3 is 2.09 bits per heavy atom. The van der Waals surface area contributed by atoms with E-state index in [1.54, 1.807) is 0 Å². The average molecular weight is 450 g/mol. The zero-order valence-electron chi connectivity index (χ0n) is 22.6. The van der Waals surface area contributed by atoms with Gasteiger partial charge in [-0.25, -0.2) is 0 Å². The lowest BCUT2D eigenvalue weighted by Gasteiger charge is -2.53. The molecule has 1 spiro atoms. The normalized spacial score (nSPS) is 21.0. The third-order valence-corrected chi connectivity index (χ3v) is 8.68. The molecule has 1 aliphatic carbocycles. The molecule has 0 aromatic carbocycles. The average Bonchev–Trinajstić information content (AvgIpc) is 2.78. The summed E-state index contributed by atoms with van der Waals surface area (Å²) in [6.45, 7) is 14.3. The molecule has 2 fully saturated rings. The van der Waals surface area contributed by atoms with E-state index in [1.165, 1.54) is 135 Å². The molecule has 0 radical (unpaired) electrons. The lowest BCUT2D eigenvalue weighted by atomic mass is 9.56. The van der Waals surface area contributed by atoms with Gasteiger partial charge in [-0.1, -0.05) is 78.6 Å². The molecule has 2 unspecified atom stereocenters. The Labute approximate surface area is 202 Å². The fourth-order valence-corrected chi connectivity index (χ4v) is 6.44. The highest BCUT2D eigenvalue weighted by Crippen LogP contribution is 2.54. The van der Waals surface area contributed by atoms with Crippen molar-refractivity contribution in [3.05, 3.63) is 0 Å². The second-order valence-electron chi connectivity index (χ2n) is 11.8. The van der Waals surface area contributed by atoms with E-state index in [0.717, 1.165) is 23.9 Å². The molecule has 190 valence electrons. The van der Waals surface area contributed by atoms with Crippen molar-refractivity contribution < 1.29 is 4.74 Å². The van der Waals surface area contributed by atoms with Crippen molar-refractivity contribution in [2.24, 2.45) is 17.3 Å². The van der Waals surface area contributed by atoms with Crippen LogP contribution in [-0.4, -0.2) is 37.2 Å². The summed E-state index contributed by atoms with van der Waals surface area (Å²) in [4.78, 5) is 2.84. The number of rotatable bonds is 19. The largest absolute Gasteiger partial charge is 0.379 e. The van der Waals surface area contributed by atoms with Crippen LogP contribution < -0.4 is 0 Å². The molecule has 2 nitrogen and oxygen atoms in total. The molecule has 0 aromatic rings. The van der Waals surface area contributed by atoms with Crippen LogP contribution in [0.15, 0.2) is 0 Å². The molecule has 2 rings (SSSR count). The molecule has 0 amide bonds. The van der Waals surface area contributed by atoms with Crippen LogP contribution in [0.5, 0.6) is 0 Å². The smallest absolute Gasteiger partial charge is 0.0547 e. The highest BCUT2D eigenvalue weighted by molar-refractivity contribution is 4.97. The van der Waals surface area contributed by atoms with Gasteiger partial charge >= 0.3 is 0 Å². The molecule has 1 aliphatic heterocycles. The van der Waals surface area contributed by atoms with E-state index in [1.807, 2.05) is 0 Å². The first-order valence-corrected chi connectivity index (χ1v) is 14.9. The molecule has 2 atom stereocenters. The first-order chi connectivity index (χ1) is 15.6. The number of nitrogens with zero attached hydrogens (tertiary/aromatic N) is 1. The summed E-state index contributed by atoms with van der Waals surface area (Å²) in [6.07, 6.45) is 25.9. The fraction of sp³-hybridized carbons (Fsp3) is 1.00. The zero-order chi connectivity index (χ0) is 23.1. The number of hydrogen-bond acceptors (Lipinski definition) is 2. The Morgan fingerprint density at radius 1 is 0.781 bits per heavy atom. The Morgan fingerprint density at radius 2 is 1.41 bits per heavy atom. The summed E-state index contributed by atoms with van der Waals surface area (Å²) in [6, 6.07) is 0. The van der Waals surface area contributed by atoms with Crippen molar-refractivity contribution in [1.82, 2.24) is 4.90 Å². The number of ether oxygens (including phenoxy) is 1. The van der Waals surface area contributed by atoms with Gasteiger partial charge in [0.15, 0.2) is 0 Å². The Bertz CT molecular complexity index is 434. The maximum absolute atomic E-state index is 6.02. The molecule has 2 aliphatic rings. The third-order valence-electron chi connectivity index (χ3n) is 8.68. The summed E-state index contributed by atoms with van der Waals surface area (Å²) in [7, 11) is 0. The molecule has 1 saturated heterocycles. The molecular weight excluding hydrogens is 390 g/mol. The highest BCUT2D eigenvalue weighted by atomic mass is 16.5. The predicted molar refractivity (Wildman–Crippen MR) is 141 cm³/mol. The van der Waals surface area contributed by atoms with E-state index in [-0.39, 0.29) is 0 Å². The highest BCUT2D eigenvalue weighted by Gasteiger charge is 2.45. The first-order valence-electron chi connectivity index (χ1n) is 14.9. The van der Waals surface area contributed by atoms with Gasteiger partial charge in [0, 0.05) is 13.2 Å². The lowest BCUT2D eigenvalue weighted by Crippen LogP contribution is -2.48. The second-order valence-corrected chi connectivity index (χ2v) is 11.8. The summed E-state index contributed by atoms with van der Waals surface area (Å²) < 4.78 is 6.02.